The molecule has 1 atom stereocenters. The normalized spacial score (nSPS) is 20.3. The molecule has 76 valence electrons. The number of ether oxygens (including phenoxy) is 1. The van der Waals surface area contributed by atoms with E-state index in [0.717, 1.165) is 30.4 Å². The monoisotopic (exact) mass is 193 g/mol. The first-order valence-electron chi connectivity index (χ1n) is 4.88. The number of benzene rings is 1. The molecule has 0 aromatic heterocycles. The highest BCUT2D eigenvalue weighted by atomic mass is 16.5. The van der Waals surface area contributed by atoms with Gasteiger partial charge in [0.2, 0.25) is 0 Å². The van der Waals surface area contributed by atoms with Crippen molar-refractivity contribution in [1.82, 2.24) is 0 Å². The smallest absolute Gasteiger partial charge is 0.161 e. The predicted molar refractivity (Wildman–Crippen MR) is 54.5 cm³/mol. The van der Waals surface area contributed by atoms with Crippen LogP contribution >= 0.6 is 0 Å². The molecule has 0 heterocycles. The van der Waals surface area contributed by atoms with Crippen LogP contribution < -0.4 is 10.5 Å². The van der Waals surface area contributed by atoms with E-state index in [1.165, 1.54) is 0 Å². The number of aromatic hydroxyl groups is 1. The van der Waals surface area contributed by atoms with Crippen LogP contribution in [-0.4, -0.2) is 12.2 Å². The Morgan fingerprint density at radius 3 is 3.00 bits per heavy atom. The molecule has 0 amide bonds. The van der Waals surface area contributed by atoms with Gasteiger partial charge in [0, 0.05) is 11.6 Å². The van der Waals surface area contributed by atoms with Crippen molar-refractivity contribution in [3.8, 4) is 11.5 Å². The molecule has 3 N–H and O–H groups in total. The molecule has 1 aromatic rings. The van der Waals surface area contributed by atoms with Gasteiger partial charge in [-0.25, -0.2) is 0 Å². The van der Waals surface area contributed by atoms with E-state index in [0.29, 0.717) is 5.75 Å². The number of rotatable bonds is 1. The third kappa shape index (κ3) is 1.34. The zero-order valence-electron chi connectivity index (χ0n) is 8.29. The minimum atomic E-state index is 0.0653. The molecule has 14 heavy (non-hydrogen) atoms. The average molecular weight is 193 g/mol. The van der Waals surface area contributed by atoms with Gasteiger partial charge in [0.25, 0.3) is 0 Å². The zero-order chi connectivity index (χ0) is 10.1. The number of phenols is 1. The van der Waals surface area contributed by atoms with Crippen LogP contribution in [0.25, 0.3) is 0 Å². The van der Waals surface area contributed by atoms with E-state index in [-0.39, 0.29) is 11.8 Å². The van der Waals surface area contributed by atoms with Crippen molar-refractivity contribution < 1.29 is 9.84 Å². The maximum Gasteiger partial charge on any atom is 0.161 e. The van der Waals surface area contributed by atoms with E-state index in [1.54, 1.807) is 13.2 Å². The second-order valence-corrected chi connectivity index (χ2v) is 3.68. The first-order valence-corrected chi connectivity index (χ1v) is 4.88. The Bertz CT molecular complexity index is 349. The summed E-state index contributed by atoms with van der Waals surface area (Å²) >= 11 is 0. The summed E-state index contributed by atoms with van der Waals surface area (Å²) in [5.41, 5.74) is 7.98. The minimum Gasteiger partial charge on any atom is -0.504 e. The van der Waals surface area contributed by atoms with Gasteiger partial charge < -0.3 is 15.6 Å². The van der Waals surface area contributed by atoms with Crippen LogP contribution in [-0.2, 0) is 6.42 Å². The Balaban J connectivity index is 2.52. The first kappa shape index (κ1) is 9.34. The molecule has 0 saturated heterocycles. The highest BCUT2D eigenvalue weighted by Gasteiger charge is 2.21. The Hall–Kier alpha value is -1.22. The lowest BCUT2D eigenvalue weighted by molar-refractivity contribution is 0.367. The summed E-state index contributed by atoms with van der Waals surface area (Å²) in [5, 5.41) is 9.87. The summed E-state index contributed by atoms with van der Waals surface area (Å²) in [5.74, 6) is 0.804. The number of hydrogen-bond acceptors (Lipinski definition) is 3. The van der Waals surface area contributed by atoms with Gasteiger partial charge in [-0.1, -0.05) is 6.07 Å². The number of phenolic OH excluding ortho intramolecular Hbond substituents is 1. The van der Waals surface area contributed by atoms with E-state index in [9.17, 15) is 5.11 Å². The van der Waals surface area contributed by atoms with Crippen LogP contribution in [0.5, 0.6) is 11.5 Å². The predicted octanol–water partition coefficient (Wildman–Crippen LogP) is 1.74. The molecular weight excluding hydrogens is 178 g/mol. The summed E-state index contributed by atoms with van der Waals surface area (Å²) in [6, 6.07) is 3.80. The Labute approximate surface area is 83.5 Å². The van der Waals surface area contributed by atoms with Crippen LogP contribution in [0.15, 0.2) is 12.1 Å². The van der Waals surface area contributed by atoms with Crippen molar-refractivity contribution in [3.63, 3.8) is 0 Å². The van der Waals surface area contributed by atoms with Gasteiger partial charge in [0.05, 0.1) is 7.11 Å². The molecule has 0 fully saturated rings. The second-order valence-electron chi connectivity index (χ2n) is 3.68. The van der Waals surface area contributed by atoms with E-state index < -0.39 is 0 Å². The van der Waals surface area contributed by atoms with E-state index in [1.807, 2.05) is 6.07 Å². The van der Waals surface area contributed by atoms with Crippen LogP contribution in [0.4, 0.5) is 0 Å². The largest absolute Gasteiger partial charge is 0.504 e. The van der Waals surface area contributed by atoms with Gasteiger partial charge >= 0.3 is 0 Å². The Morgan fingerprint density at radius 2 is 2.29 bits per heavy atom. The molecule has 1 aromatic carbocycles. The summed E-state index contributed by atoms with van der Waals surface area (Å²) in [7, 11) is 1.56. The van der Waals surface area contributed by atoms with Gasteiger partial charge in [0.1, 0.15) is 0 Å². The second kappa shape index (κ2) is 3.50. The van der Waals surface area contributed by atoms with Crippen molar-refractivity contribution in [2.45, 2.75) is 25.3 Å². The molecule has 3 nitrogen and oxygen atoms in total. The third-order valence-electron chi connectivity index (χ3n) is 2.84. The molecule has 0 aliphatic heterocycles. The van der Waals surface area contributed by atoms with Gasteiger partial charge in [0.15, 0.2) is 11.5 Å². The van der Waals surface area contributed by atoms with Gasteiger partial charge in [-0.15, -0.1) is 0 Å². The molecular formula is C11H15NO2. The van der Waals surface area contributed by atoms with E-state index in [2.05, 4.69) is 0 Å². The lowest BCUT2D eigenvalue weighted by Gasteiger charge is -2.23. The van der Waals surface area contributed by atoms with Gasteiger partial charge in [-0.3, -0.25) is 0 Å². The van der Waals surface area contributed by atoms with Crippen LogP contribution in [0.1, 0.15) is 30.0 Å². The Morgan fingerprint density at radius 1 is 1.50 bits per heavy atom. The van der Waals surface area contributed by atoms with Crippen LogP contribution in [0.3, 0.4) is 0 Å². The van der Waals surface area contributed by atoms with Crippen molar-refractivity contribution in [2.75, 3.05) is 7.11 Å². The maximum absolute atomic E-state index is 9.87. The fourth-order valence-electron chi connectivity index (χ4n) is 2.06. The molecule has 0 radical (unpaired) electrons. The minimum absolute atomic E-state index is 0.0653. The van der Waals surface area contributed by atoms with Crippen LogP contribution in [0.2, 0.25) is 0 Å². The summed E-state index contributed by atoms with van der Waals surface area (Å²) in [6.45, 7) is 0. The lowest BCUT2D eigenvalue weighted by Crippen LogP contribution is -2.17. The van der Waals surface area contributed by atoms with Crippen molar-refractivity contribution >= 4 is 0 Å². The molecule has 0 unspecified atom stereocenters. The van der Waals surface area contributed by atoms with Crippen molar-refractivity contribution in [1.29, 1.82) is 0 Å². The fraction of sp³-hybridized carbons (Fsp3) is 0.455. The highest BCUT2D eigenvalue weighted by molar-refractivity contribution is 5.51. The third-order valence-corrected chi connectivity index (χ3v) is 2.84. The summed E-state index contributed by atoms with van der Waals surface area (Å²) < 4.78 is 5.06. The fourth-order valence-corrected chi connectivity index (χ4v) is 2.06. The lowest BCUT2D eigenvalue weighted by atomic mass is 9.87. The summed E-state index contributed by atoms with van der Waals surface area (Å²) in [6.07, 6.45) is 2.93. The van der Waals surface area contributed by atoms with Crippen molar-refractivity contribution in [3.05, 3.63) is 23.3 Å². The number of methoxy groups -OCH3 is 1. The van der Waals surface area contributed by atoms with Gasteiger partial charge in [-0.2, -0.15) is 0 Å². The average Bonchev–Trinajstić information content (AvgIpc) is 2.20. The SMILES string of the molecule is COc1ccc2c(c1O)CCC[C@@H]2N. The van der Waals surface area contributed by atoms with E-state index >= 15 is 0 Å². The molecule has 3 heteroatoms. The van der Waals surface area contributed by atoms with E-state index in [4.69, 9.17) is 10.5 Å². The zero-order valence-corrected chi connectivity index (χ0v) is 8.29. The topological polar surface area (TPSA) is 55.5 Å². The number of fused-ring (bicyclic) bond motifs is 1. The molecule has 0 spiro atoms. The maximum atomic E-state index is 9.87. The molecule has 1 aliphatic rings. The highest BCUT2D eigenvalue weighted by Crippen LogP contribution is 2.39. The Kier molecular flexibility index (Phi) is 2.33. The summed E-state index contributed by atoms with van der Waals surface area (Å²) in [4.78, 5) is 0. The number of hydrogen-bond donors (Lipinski definition) is 2. The van der Waals surface area contributed by atoms with Crippen LogP contribution in [0, 0.1) is 0 Å². The quantitative estimate of drug-likeness (QED) is 0.714. The molecule has 0 saturated carbocycles. The van der Waals surface area contributed by atoms with Crippen molar-refractivity contribution in [2.24, 2.45) is 5.73 Å². The first-order chi connectivity index (χ1) is 6.74. The standard InChI is InChI=1S/C11H15NO2/c1-14-10-6-5-7-8(11(10)13)3-2-4-9(7)12/h5-6,9,13H,2-4,12H2,1H3/t9-/m0/s1. The molecule has 1 aliphatic carbocycles. The molecule has 2 rings (SSSR count). The van der Waals surface area contributed by atoms with Gasteiger partial charge in [-0.05, 0) is 30.9 Å². The number of nitrogens with two attached hydrogens (primary N) is 1. The molecule has 0 bridgehead atoms.